The molecule has 2 aromatic carbocycles. The van der Waals surface area contributed by atoms with Crippen molar-refractivity contribution in [2.75, 3.05) is 11.0 Å². The molecule has 0 aromatic heterocycles. The fraction of sp³-hybridized carbons (Fsp3) is 0.350. The molecule has 0 saturated carbocycles. The standard InChI is InChI=1S/C20H21FINO4S/c1-13-19(20(24)25)23(11-17(10-22)27-13)28-18-8-6-16(7-9-18)26-12-14-2-4-15(21)5-3-14/h2-9,13,17,19H,10-12H2,1H3,(H,24,25)/t13-,17-,19+/m0/s1. The topological polar surface area (TPSA) is 59.0 Å². The number of morpholine rings is 1. The molecule has 1 N–H and O–H groups in total. The Morgan fingerprint density at radius 1 is 1.29 bits per heavy atom. The van der Waals surface area contributed by atoms with Crippen molar-refractivity contribution >= 4 is 40.5 Å². The smallest absolute Gasteiger partial charge is 0.324 e. The Morgan fingerprint density at radius 2 is 1.96 bits per heavy atom. The van der Waals surface area contributed by atoms with Crippen LogP contribution >= 0.6 is 34.5 Å². The van der Waals surface area contributed by atoms with Crippen LogP contribution < -0.4 is 4.74 Å². The minimum atomic E-state index is -0.883. The number of alkyl halides is 1. The third-order valence-corrected chi connectivity index (χ3v) is 6.41. The second-order valence-corrected chi connectivity index (χ2v) is 8.48. The molecule has 0 radical (unpaired) electrons. The predicted molar refractivity (Wildman–Crippen MR) is 114 cm³/mol. The molecule has 3 atom stereocenters. The van der Waals surface area contributed by atoms with Crippen molar-refractivity contribution in [3.63, 3.8) is 0 Å². The first-order chi connectivity index (χ1) is 13.5. The largest absolute Gasteiger partial charge is 0.489 e. The highest BCUT2D eigenvalue weighted by Crippen LogP contribution is 2.32. The molecule has 0 aliphatic carbocycles. The van der Waals surface area contributed by atoms with Crippen LogP contribution in [-0.2, 0) is 16.1 Å². The molecule has 2 aromatic rings. The van der Waals surface area contributed by atoms with Gasteiger partial charge in [0.25, 0.3) is 0 Å². The van der Waals surface area contributed by atoms with E-state index in [1.807, 2.05) is 28.6 Å². The number of hydrogen-bond donors (Lipinski definition) is 1. The van der Waals surface area contributed by atoms with Crippen LogP contribution in [0.25, 0.3) is 0 Å². The van der Waals surface area contributed by atoms with Gasteiger partial charge < -0.3 is 14.6 Å². The van der Waals surface area contributed by atoms with E-state index in [1.54, 1.807) is 19.1 Å². The molecular formula is C20H21FINO4S. The van der Waals surface area contributed by atoms with Crippen molar-refractivity contribution in [2.45, 2.75) is 36.7 Å². The average Bonchev–Trinajstić information content (AvgIpc) is 2.68. The number of aliphatic carboxylic acids is 1. The van der Waals surface area contributed by atoms with Gasteiger partial charge in [-0.25, -0.2) is 8.70 Å². The minimum absolute atomic E-state index is 0.0111. The Balaban J connectivity index is 1.62. The zero-order chi connectivity index (χ0) is 20.1. The molecule has 3 rings (SSSR count). The first kappa shape index (κ1) is 21.4. The van der Waals surface area contributed by atoms with Crippen molar-refractivity contribution in [3.05, 3.63) is 59.9 Å². The predicted octanol–water partition coefficient (Wildman–Crippen LogP) is 4.39. The van der Waals surface area contributed by atoms with E-state index >= 15 is 0 Å². The summed E-state index contributed by atoms with van der Waals surface area (Å²) in [5.74, 6) is -0.456. The van der Waals surface area contributed by atoms with E-state index in [1.165, 1.54) is 24.1 Å². The maximum atomic E-state index is 12.9. The highest BCUT2D eigenvalue weighted by Gasteiger charge is 2.39. The SMILES string of the molecule is C[C@@H]1O[C@@H](CI)CN(Sc2ccc(OCc3ccc(F)cc3)cc2)[C@H]1C(=O)O. The van der Waals surface area contributed by atoms with Crippen molar-refractivity contribution in [2.24, 2.45) is 0 Å². The lowest BCUT2D eigenvalue weighted by atomic mass is 10.1. The van der Waals surface area contributed by atoms with Crippen LogP contribution in [0.5, 0.6) is 5.75 Å². The molecule has 0 spiro atoms. The molecule has 1 heterocycles. The first-order valence-corrected chi connectivity index (χ1v) is 11.1. The lowest BCUT2D eigenvalue weighted by Gasteiger charge is -2.40. The first-order valence-electron chi connectivity index (χ1n) is 8.82. The van der Waals surface area contributed by atoms with Crippen LogP contribution in [0, 0.1) is 5.82 Å². The Morgan fingerprint density at radius 3 is 2.57 bits per heavy atom. The summed E-state index contributed by atoms with van der Waals surface area (Å²) in [4.78, 5) is 12.6. The summed E-state index contributed by atoms with van der Waals surface area (Å²) in [7, 11) is 0. The quantitative estimate of drug-likeness (QED) is 0.334. The molecule has 1 fully saturated rings. The van der Waals surface area contributed by atoms with Crippen LogP contribution in [0.3, 0.4) is 0 Å². The van der Waals surface area contributed by atoms with E-state index in [4.69, 9.17) is 9.47 Å². The Kier molecular flexibility index (Phi) is 7.55. The molecule has 0 unspecified atom stereocenters. The van der Waals surface area contributed by atoms with E-state index < -0.39 is 12.0 Å². The van der Waals surface area contributed by atoms with Gasteiger partial charge in [0.15, 0.2) is 0 Å². The molecule has 8 heteroatoms. The van der Waals surface area contributed by atoms with Gasteiger partial charge in [0.2, 0.25) is 0 Å². The summed E-state index contributed by atoms with van der Waals surface area (Å²) in [5.41, 5.74) is 0.885. The maximum absolute atomic E-state index is 12.9. The summed E-state index contributed by atoms with van der Waals surface area (Å²) >= 11 is 3.68. The van der Waals surface area contributed by atoms with Crippen LogP contribution in [0.1, 0.15) is 12.5 Å². The van der Waals surface area contributed by atoms with Crippen LogP contribution in [0.15, 0.2) is 53.4 Å². The molecule has 1 saturated heterocycles. The number of ether oxygens (including phenoxy) is 2. The molecule has 0 amide bonds. The number of nitrogens with zero attached hydrogens (tertiary/aromatic N) is 1. The van der Waals surface area contributed by atoms with Gasteiger partial charge in [0, 0.05) is 15.9 Å². The van der Waals surface area contributed by atoms with Gasteiger partial charge in [-0.15, -0.1) is 0 Å². The summed E-state index contributed by atoms with van der Waals surface area (Å²) in [6.07, 6.45) is -0.367. The fourth-order valence-electron chi connectivity index (χ4n) is 2.95. The van der Waals surface area contributed by atoms with Gasteiger partial charge in [0.05, 0.1) is 12.2 Å². The molecule has 1 aliphatic heterocycles. The van der Waals surface area contributed by atoms with E-state index in [9.17, 15) is 14.3 Å². The van der Waals surface area contributed by atoms with Crippen molar-refractivity contribution < 1.29 is 23.8 Å². The summed E-state index contributed by atoms with van der Waals surface area (Å²) in [5, 5.41) is 9.58. The highest BCUT2D eigenvalue weighted by atomic mass is 127. The second-order valence-electron chi connectivity index (χ2n) is 6.48. The summed E-state index contributed by atoms with van der Waals surface area (Å²) in [6.45, 7) is 2.71. The Labute approximate surface area is 181 Å². The summed E-state index contributed by atoms with van der Waals surface area (Å²) in [6, 6.07) is 13.0. The molecular weight excluding hydrogens is 496 g/mol. The fourth-order valence-corrected chi connectivity index (χ4v) is 4.58. The van der Waals surface area contributed by atoms with Gasteiger partial charge in [-0.05, 0) is 60.8 Å². The Hall–Kier alpha value is -1.36. The average molecular weight is 517 g/mol. The van der Waals surface area contributed by atoms with E-state index in [0.29, 0.717) is 18.9 Å². The van der Waals surface area contributed by atoms with Gasteiger partial charge in [-0.3, -0.25) is 4.79 Å². The normalized spacial score (nSPS) is 22.8. The highest BCUT2D eigenvalue weighted by molar-refractivity contribution is 14.1. The van der Waals surface area contributed by atoms with Crippen molar-refractivity contribution in [1.29, 1.82) is 0 Å². The van der Waals surface area contributed by atoms with Crippen molar-refractivity contribution in [1.82, 2.24) is 4.31 Å². The van der Waals surface area contributed by atoms with E-state index in [-0.39, 0.29) is 18.0 Å². The van der Waals surface area contributed by atoms with Gasteiger partial charge in [-0.1, -0.05) is 34.7 Å². The zero-order valence-electron chi connectivity index (χ0n) is 15.3. The second kappa shape index (κ2) is 9.91. The maximum Gasteiger partial charge on any atom is 0.324 e. The van der Waals surface area contributed by atoms with Crippen LogP contribution in [0.4, 0.5) is 4.39 Å². The van der Waals surface area contributed by atoms with Gasteiger partial charge in [-0.2, -0.15) is 0 Å². The van der Waals surface area contributed by atoms with Crippen LogP contribution in [-0.4, -0.2) is 44.6 Å². The van der Waals surface area contributed by atoms with Gasteiger partial charge >= 0.3 is 5.97 Å². The van der Waals surface area contributed by atoms with E-state index in [2.05, 4.69) is 22.6 Å². The number of benzene rings is 2. The summed E-state index contributed by atoms with van der Waals surface area (Å²) < 4.78 is 27.2. The van der Waals surface area contributed by atoms with E-state index in [0.717, 1.165) is 14.9 Å². The minimum Gasteiger partial charge on any atom is -0.489 e. The lowest BCUT2D eigenvalue weighted by Crippen LogP contribution is -2.55. The monoisotopic (exact) mass is 517 g/mol. The zero-order valence-corrected chi connectivity index (χ0v) is 18.2. The number of carbonyl (C=O) groups is 1. The molecule has 28 heavy (non-hydrogen) atoms. The number of carboxylic acid groups (broad SMARTS) is 1. The molecule has 5 nitrogen and oxygen atoms in total. The van der Waals surface area contributed by atoms with Crippen LogP contribution in [0.2, 0.25) is 0 Å². The number of rotatable bonds is 7. The van der Waals surface area contributed by atoms with Crippen molar-refractivity contribution in [3.8, 4) is 5.75 Å². The molecule has 150 valence electrons. The third kappa shape index (κ3) is 5.59. The molecule has 0 bridgehead atoms. The van der Waals surface area contributed by atoms with Gasteiger partial charge in [0.1, 0.15) is 24.2 Å². The number of carboxylic acids is 1. The number of hydrogen-bond acceptors (Lipinski definition) is 5. The third-order valence-electron chi connectivity index (χ3n) is 4.34. The number of halogens is 2. The molecule has 1 aliphatic rings. The lowest BCUT2D eigenvalue weighted by molar-refractivity contribution is -0.154. The Bertz CT molecular complexity index is 790.